The Hall–Kier alpha value is -2.43. The number of carbonyl (C=O) groups excluding carboxylic acids is 1. The maximum atomic E-state index is 13.4. The van der Waals surface area contributed by atoms with E-state index in [1.54, 1.807) is 16.7 Å². The lowest BCUT2D eigenvalue weighted by Gasteiger charge is -2.25. The van der Waals surface area contributed by atoms with E-state index in [2.05, 4.69) is 5.32 Å². The Balaban J connectivity index is 1.81. The molecule has 23 heavy (non-hydrogen) atoms. The lowest BCUT2D eigenvalue weighted by atomic mass is 9.91. The van der Waals surface area contributed by atoms with Gasteiger partial charge in [-0.05, 0) is 31.0 Å². The molecule has 0 spiro atoms. The molecule has 1 aliphatic heterocycles. The Kier molecular flexibility index (Phi) is 3.29. The first-order valence-electron chi connectivity index (χ1n) is 7.97. The second-order valence-electron chi connectivity index (χ2n) is 6.25. The Bertz CT molecular complexity index is 843. The molecule has 118 valence electrons. The third-order valence-corrected chi connectivity index (χ3v) is 4.84. The van der Waals surface area contributed by atoms with Gasteiger partial charge in [-0.3, -0.25) is 14.2 Å². The molecule has 0 amide bonds. The van der Waals surface area contributed by atoms with Gasteiger partial charge in [0.15, 0.2) is 5.78 Å². The maximum absolute atomic E-state index is 13.4. The molecular formula is C18H17FN2O2. The highest BCUT2D eigenvalue weighted by Gasteiger charge is 2.36. The first-order valence-corrected chi connectivity index (χ1v) is 7.97. The number of nitrogens with zero attached hydrogens (tertiary/aromatic N) is 1. The molecule has 5 heteroatoms. The molecule has 0 saturated heterocycles. The fourth-order valence-corrected chi connectivity index (χ4v) is 3.76. The van der Waals surface area contributed by atoms with Crippen LogP contribution < -0.4 is 10.9 Å². The van der Waals surface area contributed by atoms with Crippen molar-refractivity contribution < 1.29 is 9.18 Å². The van der Waals surface area contributed by atoms with Crippen molar-refractivity contribution in [2.24, 2.45) is 0 Å². The van der Waals surface area contributed by atoms with Gasteiger partial charge in [-0.1, -0.05) is 25.0 Å². The van der Waals surface area contributed by atoms with Crippen LogP contribution in [0.1, 0.15) is 47.6 Å². The van der Waals surface area contributed by atoms with Crippen LogP contribution in [0.25, 0.3) is 0 Å². The number of halogens is 1. The summed E-state index contributed by atoms with van der Waals surface area (Å²) >= 11 is 0. The van der Waals surface area contributed by atoms with Crippen LogP contribution in [0.2, 0.25) is 0 Å². The minimum absolute atomic E-state index is 0.0855. The average molecular weight is 312 g/mol. The highest BCUT2D eigenvalue weighted by molar-refractivity contribution is 6.12. The summed E-state index contributed by atoms with van der Waals surface area (Å²) in [6, 6.07) is 8.96. The zero-order valence-electron chi connectivity index (χ0n) is 12.6. The number of carbonyl (C=O) groups is 1. The third kappa shape index (κ3) is 2.27. The van der Waals surface area contributed by atoms with E-state index in [1.165, 1.54) is 24.3 Å². The van der Waals surface area contributed by atoms with E-state index in [0.717, 1.165) is 25.7 Å². The molecule has 2 aliphatic rings. The van der Waals surface area contributed by atoms with Crippen molar-refractivity contribution in [3.63, 3.8) is 0 Å². The van der Waals surface area contributed by atoms with E-state index in [1.807, 2.05) is 0 Å². The molecule has 0 unspecified atom stereocenters. The molecule has 2 atom stereocenters. The summed E-state index contributed by atoms with van der Waals surface area (Å²) in [6.45, 7) is 0. The van der Waals surface area contributed by atoms with Gasteiger partial charge in [-0.2, -0.15) is 0 Å². The van der Waals surface area contributed by atoms with Gasteiger partial charge >= 0.3 is 0 Å². The summed E-state index contributed by atoms with van der Waals surface area (Å²) in [5.41, 5.74) is 0.644. The molecule has 4 nitrogen and oxygen atoms in total. The van der Waals surface area contributed by atoms with Gasteiger partial charge in [0.1, 0.15) is 11.6 Å². The van der Waals surface area contributed by atoms with Gasteiger partial charge in [0.05, 0.1) is 11.6 Å². The zero-order valence-corrected chi connectivity index (χ0v) is 12.6. The largest absolute Gasteiger partial charge is 0.366 e. The molecule has 2 aromatic rings. The second kappa shape index (κ2) is 5.33. The predicted octanol–water partition coefficient (Wildman–Crippen LogP) is 3.13. The number of hydrogen-bond acceptors (Lipinski definition) is 3. The lowest BCUT2D eigenvalue weighted by Crippen LogP contribution is -2.29. The number of rotatable bonds is 2. The third-order valence-electron chi connectivity index (χ3n) is 4.84. The topological polar surface area (TPSA) is 51.1 Å². The summed E-state index contributed by atoms with van der Waals surface area (Å²) in [4.78, 5) is 25.0. The van der Waals surface area contributed by atoms with E-state index >= 15 is 0 Å². The normalized spacial score (nSPS) is 22.1. The molecular weight excluding hydrogens is 295 g/mol. The van der Waals surface area contributed by atoms with Gasteiger partial charge < -0.3 is 5.32 Å². The van der Waals surface area contributed by atoms with Crippen molar-refractivity contribution in [3.05, 3.63) is 63.7 Å². The molecule has 2 heterocycles. The predicted molar refractivity (Wildman–Crippen MR) is 85.5 cm³/mol. The molecule has 1 aromatic carbocycles. The van der Waals surface area contributed by atoms with E-state index in [4.69, 9.17) is 0 Å². The summed E-state index contributed by atoms with van der Waals surface area (Å²) in [5, 5.41) is 3.36. The van der Waals surface area contributed by atoms with Crippen molar-refractivity contribution in [1.29, 1.82) is 0 Å². The molecule has 1 saturated carbocycles. The lowest BCUT2D eigenvalue weighted by molar-refractivity contribution is 0.103. The second-order valence-corrected chi connectivity index (χ2v) is 6.25. The van der Waals surface area contributed by atoms with E-state index in [-0.39, 0.29) is 23.4 Å². The first kappa shape index (κ1) is 14.2. The van der Waals surface area contributed by atoms with E-state index in [0.29, 0.717) is 16.9 Å². The van der Waals surface area contributed by atoms with Crippen LogP contribution in [0, 0.1) is 5.82 Å². The zero-order chi connectivity index (χ0) is 16.0. The Morgan fingerprint density at radius 1 is 1.17 bits per heavy atom. The van der Waals surface area contributed by atoms with Crippen molar-refractivity contribution in [2.45, 2.75) is 37.8 Å². The molecule has 0 bridgehead atoms. The number of anilines is 1. The molecule has 1 aliphatic carbocycles. The van der Waals surface area contributed by atoms with Gasteiger partial charge in [-0.25, -0.2) is 4.39 Å². The highest BCUT2D eigenvalue weighted by Crippen LogP contribution is 2.38. The SMILES string of the molecule is O=C(c1cccc(F)c1)c1ccc(=O)n2c1N[C@H]1CCCC[C@@H]12. The minimum Gasteiger partial charge on any atom is -0.366 e. The summed E-state index contributed by atoms with van der Waals surface area (Å²) in [6.07, 6.45) is 4.17. The minimum atomic E-state index is -0.442. The van der Waals surface area contributed by atoms with Gasteiger partial charge in [-0.15, -0.1) is 0 Å². The number of benzene rings is 1. The molecule has 1 fully saturated rings. The fourth-order valence-electron chi connectivity index (χ4n) is 3.76. The number of pyridine rings is 1. The van der Waals surface area contributed by atoms with Crippen LogP contribution in [0.15, 0.2) is 41.2 Å². The van der Waals surface area contributed by atoms with E-state index < -0.39 is 5.82 Å². The van der Waals surface area contributed by atoms with Crippen molar-refractivity contribution in [3.8, 4) is 0 Å². The van der Waals surface area contributed by atoms with Gasteiger partial charge in [0.25, 0.3) is 5.56 Å². The smallest absolute Gasteiger partial charge is 0.252 e. The summed E-state index contributed by atoms with van der Waals surface area (Å²) in [7, 11) is 0. The van der Waals surface area contributed by atoms with Crippen LogP contribution in [-0.2, 0) is 0 Å². The summed E-state index contributed by atoms with van der Waals surface area (Å²) in [5.74, 6) is -0.120. The highest BCUT2D eigenvalue weighted by atomic mass is 19.1. The quantitative estimate of drug-likeness (QED) is 0.867. The van der Waals surface area contributed by atoms with Gasteiger partial charge in [0, 0.05) is 17.7 Å². The Labute approximate surface area is 132 Å². The molecule has 0 radical (unpaired) electrons. The van der Waals surface area contributed by atoms with Crippen molar-refractivity contribution in [2.75, 3.05) is 5.32 Å². The number of ketones is 1. The van der Waals surface area contributed by atoms with Gasteiger partial charge in [0.2, 0.25) is 0 Å². The standard InChI is InChI=1S/C18H17FN2O2/c19-12-5-3-4-11(10-12)17(23)13-8-9-16(22)21-15-7-2-1-6-14(15)20-18(13)21/h3-5,8-10,14-15,20H,1-2,6-7H2/t14-,15-/m0/s1. The van der Waals surface area contributed by atoms with Crippen LogP contribution >= 0.6 is 0 Å². The average Bonchev–Trinajstić information content (AvgIpc) is 2.95. The fraction of sp³-hybridized carbons (Fsp3) is 0.333. The Morgan fingerprint density at radius 2 is 2.00 bits per heavy atom. The number of fused-ring (bicyclic) bond motifs is 3. The first-order chi connectivity index (χ1) is 11.1. The van der Waals surface area contributed by atoms with Crippen LogP contribution in [0.4, 0.5) is 10.2 Å². The van der Waals surface area contributed by atoms with Crippen LogP contribution in [0.3, 0.4) is 0 Å². The Morgan fingerprint density at radius 3 is 2.83 bits per heavy atom. The van der Waals surface area contributed by atoms with E-state index in [9.17, 15) is 14.0 Å². The van der Waals surface area contributed by atoms with Crippen molar-refractivity contribution >= 4 is 11.6 Å². The summed E-state index contributed by atoms with van der Waals surface area (Å²) < 4.78 is 15.1. The van der Waals surface area contributed by atoms with Crippen LogP contribution in [0.5, 0.6) is 0 Å². The monoisotopic (exact) mass is 312 g/mol. The number of hydrogen-bond donors (Lipinski definition) is 1. The number of nitrogens with one attached hydrogen (secondary N) is 1. The van der Waals surface area contributed by atoms with Crippen molar-refractivity contribution in [1.82, 2.24) is 4.57 Å². The molecule has 4 rings (SSSR count). The van der Waals surface area contributed by atoms with Crippen LogP contribution in [-0.4, -0.2) is 16.4 Å². The maximum Gasteiger partial charge on any atom is 0.252 e. The molecule has 1 N–H and O–H groups in total. The molecule has 1 aromatic heterocycles. The number of aromatic nitrogens is 1.